The van der Waals surface area contributed by atoms with Gasteiger partial charge in [-0.1, -0.05) is 118 Å². The molecule has 0 aliphatic heterocycles. The number of sulfone groups is 10. The number of aliphatic hydroxyl groups excluding tert-OH is 2. The van der Waals surface area contributed by atoms with Crippen molar-refractivity contribution < 1.29 is 214 Å². The molecule has 0 saturated carbocycles. The summed E-state index contributed by atoms with van der Waals surface area (Å²) in [6.07, 6.45) is 7.53. The number of carbonyl (C=O) groups is 1. The van der Waals surface area contributed by atoms with Gasteiger partial charge in [-0.3, -0.25) is 4.79 Å². The maximum absolute atomic E-state index is 12.4. The minimum atomic E-state index is -3.88. The number of hydrogen-bond acceptors (Lipinski definition) is 45. The number of halogens is 2. The predicted octanol–water partition coefficient (Wildman–Crippen LogP) is 9.58. The van der Waals surface area contributed by atoms with E-state index < -0.39 is 98.4 Å². The summed E-state index contributed by atoms with van der Waals surface area (Å²) in [5, 5.41) is 32.9. The molecule has 0 unspecified atom stereocenters. The summed E-state index contributed by atoms with van der Waals surface area (Å²) in [4.78, 5) is 33.4. The number of aliphatic hydroxyl groups is 2. The fourth-order valence-electron chi connectivity index (χ4n) is 8.25. The number of thiophene rings is 9. The van der Waals surface area contributed by atoms with Crippen molar-refractivity contribution in [2.45, 2.75) is 136 Å². The van der Waals surface area contributed by atoms with Crippen molar-refractivity contribution in [2.24, 2.45) is 11.5 Å². The van der Waals surface area contributed by atoms with Crippen LogP contribution < -0.4 is 119 Å². The standard InChI is InChI=1S/C11H12N2O4S3.C11H11NO5S3.C11H11NO3S3.C10H11NO4S4.C10H9NO2S3.C6H6ClNO2S.C5H5ClO2S2.2C4H4S2.CH2O3.3CH4.2K.H/c1-19(14,15)9-3-2-4-10(13-9)20(16,17)11-6-5-8(7-12)18-11;1-19(14,15)9-3-2-4-10(12-9)20(16,17)11-6-5-8(7-13)18-11;1-18(14,15)10-4-2-3-9(12-10)17-11-6-5-8(7-13)16-11;1-18(12,13)8-4-5-10(17-8)19(14,15)9-3-2-7(6-11)16-9;1-16(12,13)9-5-2-4-8(11-9)15-10-6-3-7-14-10;1-11(9,10)6-4-2-3-5(7)8-6;1-10(7,8)5-3-2-4(6)9-5;2*5-4-2-1-3-6-4;2-1-4-3;;;;;;/h2-6H,7,12H2,1H3;2-6,13H,7H2,1H3;2-6,13H,7H2,1H3;2-5H,6,11H2,1H3;2-7H,1H3;2-4H,1H3;2-3H,1H3;2*1-3,5H;1,3H;3*1H4;;;/q;;;;;;;;;;;;;2*+1;-1/p-1. The van der Waals surface area contributed by atoms with E-state index in [1.54, 1.807) is 82.5 Å². The first kappa shape index (κ1) is 132. The van der Waals surface area contributed by atoms with Crippen LogP contribution >= 0.6 is 174 Å². The molecule has 0 fully saturated rings. The third-order valence-electron chi connectivity index (χ3n) is 14.0. The third-order valence-corrected chi connectivity index (χ3v) is 41.8. The third kappa shape index (κ3) is 46.3. The first-order chi connectivity index (χ1) is 60.5. The summed E-state index contributed by atoms with van der Waals surface area (Å²) in [7, 11) is -34.7. The second-order valence-corrected chi connectivity index (χ2v) is 60.3. The van der Waals surface area contributed by atoms with E-state index in [1.165, 1.54) is 138 Å². The van der Waals surface area contributed by atoms with Crippen molar-refractivity contribution in [3.8, 4) is 0 Å². The second-order valence-electron chi connectivity index (χ2n) is 24.4. The Morgan fingerprint density at radius 2 is 0.659 bits per heavy atom. The maximum atomic E-state index is 12.4. The molecule has 135 heavy (non-hydrogen) atoms. The van der Waals surface area contributed by atoms with Crippen LogP contribution in [-0.4, -0.2) is 170 Å². The Labute approximate surface area is 939 Å². The zero-order valence-electron chi connectivity index (χ0n) is 70.6. The van der Waals surface area contributed by atoms with Gasteiger partial charge < -0.3 is 33.3 Å². The number of pyridine rings is 5. The second kappa shape index (κ2) is 61.4. The number of hydrogen-bond donors (Lipinski definition) is 6. The quantitative estimate of drug-likeness (QED) is 0.00917. The summed E-state index contributed by atoms with van der Waals surface area (Å²) >= 11 is 33.2. The molecule has 0 saturated heterocycles. The van der Waals surface area contributed by atoms with Crippen molar-refractivity contribution in [1.29, 1.82) is 0 Å². The number of rotatable bonds is 22. The largest absolute Gasteiger partial charge is 1.00 e. The van der Waals surface area contributed by atoms with E-state index in [0.717, 1.165) is 132 Å². The van der Waals surface area contributed by atoms with Crippen LogP contribution in [0.4, 0.5) is 0 Å². The summed E-state index contributed by atoms with van der Waals surface area (Å²) in [6, 6.07) is 52.4. The van der Waals surface area contributed by atoms with Crippen molar-refractivity contribution in [3.05, 3.63) is 245 Å². The molecule has 14 aromatic heterocycles. The van der Waals surface area contributed by atoms with Gasteiger partial charge in [0.15, 0.2) is 104 Å². The van der Waals surface area contributed by atoms with Gasteiger partial charge in [0.2, 0.25) is 29.5 Å². The van der Waals surface area contributed by atoms with Gasteiger partial charge in [-0.2, -0.15) is 0 Å². The van der Waals surface area contributed by atoms with E-state index in [2.05, 4.69) is 55.1 Å². The Morgan fingerprint density at radius 3 is 0.948 bits per heavy atom. The van der Waals surface area contributed by atoms with Gasteiger partial charge >= 0.3 is 103 Å². The first-order valence-corrected chi connectivity index (χ1v) is 63.1. The van der Waals surface area contributed by atoms with Crippen LogP contribution in [0.2, 0.25) is 9.49 Å². The van der Waals surface area contributed by atoms with Crippen molar-refractivity contribution in [2.75, 3.05) is 43.8 Å². The zero-order chi connectivity index (χ0) is 97.4. The molecule has 6 N–H and O–H groups in total. The van der Waals surface area contributed by atoms with E-state index in [9.17, 15) is 84.2 Å². The molecule has 730 valence electrons. The summed E-state index contributed by atoms with van der Waals surface area (Å²) < 4.78 is 236. The summed E-state index contributed by atoms with van der Waals surface area (Å²) in [5.41, 5.74) is 10.9. The zero-order valence-corrected chi connectivity index (χ0v) is 96.3. The topological polar surface area (TPSA) is 548 Å². The van der Waals surface area contributed by atoms with Gasteiger partial charge in [0.25, 0.3) is 6.47 Å². The summed E-state index contributed by atoms with van der Waals surface area (Å²) in [5.74, 6) is 0. The van der Waals surface area contributed by atoms with Crippen molar-refractivity contribution in [1.82, 2.24) is 24.9 Å². The van der Waals surface area contributed by atoms with E-state index in [0.29, 0.717) is 23.5 Å². The van der Waals surface area contributed by atoms with Crippen LogP contribution in [-0.2, 0) is 134 Å². The smallest absolute Gasteiger partial charge is 1.00 e. The summed E-state index contributed by atoms with van der Waals surface area (Å²) in [6.45, 7) is 0.106. The van der Waals surface area contributed by atoms with Gasteiger partial charge in [-0.05, 0) is 168 Å². The fourth-order valence-corrected chi connectivity index (χ4v) is 29.3. The first-order valence-electron chi connectivity index (χ1n) is 34.5. The Morgan fingerprint density at radius 1 is 0.356 bits per heavy atom. The number of thiol groups is 2. The minimum absolute atomic E-state index is 0. The minimum Gasteiger partial charge on any atom is -1.00 e. The number of nitrogens with zero attached hydrogens (tertiary/aromatic N) is 5. The molecule has 0 aromatic carbocycles. The number of nitrogens with two attached hydrogens (primary N) is 2. The van der Waals surface area contributed by atoms with E-state index in [4.69, 9.17) is 54.9 Å². The van der Waals surface area contributed by atoms with Gasteiger partial charge in [0.1, 0.15) is 40.5 Å². The molecule has 0 atom stereocenters. The molecule has 0 spiro atoms. The van der Waals surface area contributed by atoms with Crippen LogP contribution in [0.15, 0.2) is 304 Å². The molecular formula is C76H87Cl2K2N7O25S23. The van der Waals surface area contributed by atoms with Crippen LogP contribution in [0.1, 0.15) is 43.2 Å². The molecular weight excluding hydrogens is 2300 g/mol. The molecule has 59 heteroatoms. The molecule has 14 aromatic rings. The predicted molar refractivity (Wildman–Crippen MR) is 537 cm³/mol. The fraction of sp³-hybridized carbons (Fsp3) is 0.184. The number of aromatic nitrogens is 5. The molecule has 0 amide bonds. The maximum Gasteiger partial charge on any atom is 1.00 e. The van der Waals surface area contributed by atoms with Gasteiger partial charge in [-0.15, -0.1) is 127 Å². The molecule has 0 radical (unpaired) electrons. The van der Waals surface area contributed by atoms with Crippen molar-refractivity contribution in [3.63, 3.8) is 0 Å². The SMILES string of the molecule is C.C.C.CS(=O)(=O)c1ccc(Cl)s1.CS(=O)(=O)c1ccc(S(=O)(=O)c2ccc(CN)s2)s1.CS(=O)(=O)c1cccc(Cl)n1.CS(=O)(=O)c1cccc(S(=O)(=O)c2ccc(CN)s2)n1.CS(=O)(=O)c1cccc(S(=O)(=O)c2ccc(CO)s2)n1.CS(=O)(=O)c1cccc(Sc2ccc(CO)s2)n1.CS(=O)(=O)c1cccc(Sc2cccs2)n1.O=CO[O-].Sc1cccs1.Sc1cccs1.[H-].[K+].[K+]. The van der Waals surface area contributed by atoms with Crippen LogP contribution in [0.3, 0.4) is 0 Å². The Hall–Kier alpha value is -2.93. The molecule has 0 bridgehead atoms. The van der Waals surface area contributed by atoms with E-state index in [-0.39, 0.29) is 221 Å². The molecule has 0 aliphatic rings. The molecule has 14 heterocycles. The van der Waals surface area contributed by atoms with Gasteiger partial charge in [0, 0.05) is 76.4 Å². The van der Waals surface area contributed by atoms with Crippen molar-refractivity contribution >= 4 is 279 Å². The molecule has 0 aliphatic carbocycles. The number of carbonyl (C=O) groups excluding carboxylic acids is 1. The van der Waals surface area contributed by atoms with Gasteiger partial charge in [0.05, 0.1) is 34.4 Å². The average molecular weight is 2390 g/mol. The molecule has 14 rings (SSSR count). The average Bonchev–Trinajstić information content (AvgIpc) is 1.69. The Kier molecular flexibility index (Phi) is 60.1. The normalized spacial score (nSPS) is 11.2. The molecule has 32 nitrogen and oxygen atoms in total. The van der Waals surface area contributed by atoms with Crippen LogP contribution in [0.25, 0.3) is 0 Å². The van der Waals surface area contributed by atoms with E-state index in [1.807, 2.05) is 64.7 Å². The Bertz CT molecular complexity index is 7130. The van der Waals surface area contributed by atoms with Gasteiger partial charge in [-0.25, -0.2) is 109 Å². The van der Waals surface area contributed by atoms with Crippen LogP contribution in [0.5, 0.6) is 0 Å². The monoisotopic (exact) mass is 2380 g/mol. The Balaban J connectivity index is 0. The van der Waals surface area contributed by atoms with Crippen LogP contribution in [0, 0.1) is 0 Å². The van der Waals surface area contributed by atoms with E-state index >= 15 is 0 Å².